The van der Waals surface area contributed by atoms with Crippen LogP contribution in [-0.4, -0.2) is 30.9 Å². The summed E-state index contributed by atoms with van der Waals surface area (Å²) >= 11 is 0. The topological polar surface area (TPSA) is 55.4 Å². The molecule has 0 aliphatic carbocycles. The molecule has 1 rings (SSSR count). The van der Waals surface area contributed by atoms with Gasteiger partial charge in [0.1, 0.15) is 0 Å². The minimum absolute atomic E-state index is 0.0250. The zero-order valence-electron chi connectivity index (χ0n) is 13.4. The molecule has 0 aliphatic heterocycles. The van der Waals surface area contributed by atoms with Gasteiger partial charge in [0.2, 0.25) is 0 Å². The predicted octanol–water partition coefficient (Wildman–Crippen LogP) is 2.92. The van der Waals surface area contributed by atoms with E-state index in [2.05, 4.69) is 18.8 Å². The van der Waals surface area contributed by atoms with Crippen LogP contribution >= 0.6 is 0 Å². The molecule has 1 N–H and O–H groups in total. The van der Waals surface area contributed by atoms with E-state index >= 15 is 0 Å². The van der Waals surface area contributed by atoms with Gasteiger partial charge in [0.05, 0.1) is 19.1 Å². The van der Waals surface area contributed by atoms with Gasteiger partial charge in [-0.25, -0.2) is 0 Å². The third-order valence-electron chi connectivity index (χ3n) is 3.28. The number of rotatable bonds is 10. The summed E-state index contributed by atoms with van der Waals surface area (Å²) in [6.07, 6.45) is 3.75. The summed E-state index contributed by atoms with van der Waals surface area (Å²) in [4.78, 5) is 24.2. The second-order valence-electron chi connectivity index (χ2n) is 5.07. The molecule has 4 nitrogen and oxygen atoms in total. The lowest BCUT2D eigenvalue weighted by molar-refractivity contribution is -0.143. The summed E-state index contributed by atoms with van der Waals surface area (Å²) < 4.78 is 4.93. The third-order valence-corrected chi connectivity index (χ3v) is 3.28. The first-order valence-electron chi connectivity index (χ1n) is 7.75. The van der Waals surface area contributed by atoms with Gasteiger partial charge >= 0.3 is 5.97 Å². The number of Topliss-reactive ketones (excluding diaryl/α,β-unsaturated/α-hetero) is 1. The molecule has 0 aliphatic rings. The first kappa shape index (κ1) is 18.1. The molecule has 0 bridgehead atoms. The molecule has 22 heavy (non-hydrogen) atoms. The van der Waals surface area contributed by atoms with Crippen molar-refractivity contribution in [2.75, 3.05) is 13.2 Å². The van der Waals surface area contributed by atoms with Crippen LogP contribution < -0.4 is 5.32 Å². The van der Waals surface area contributed by atoms with E-state index in [4.69, 9.17) is 4.74 Å². The molecule has 0 fully saturated rings. The molecule has 0 radical (unpaired) electrons. The maximum absolute atomic E-state index is 12.6. The van der Waals surface area contributed by atoms with Crippen molar-refractivity contribution in [2.24, 2.45) is 0 Å². The van der Waals surface area contributed by atoms with Gasteiger partial charge in [0, 0.05) is 12.1 Å². The van der Waals surface area contributed by atoms with E-state index in [1.54, 1.807) is 13.0 Å². The van der Waals surface area contributed by atoms with Crippen LogP contribution in [0.3, 0.4) is 0 Å². The Labute approximate surface area is 132 Å². The number of carbonyl (C=O) groups excluding carboxylic acids is 2. The minimum atomic E-state index is -0.589. The lowest BCUT2D eigenvalue weighted by Gasteiger charge is -2.16. The van der Waals surface area contributed by atoms with Crippen molar-refractivity contribution in [3.05, 3.63) is 48.0 Å². The number of carbonyl (C=O) groups is 2. The van der Waals surface area contributed by atoms with E-state index in [9.17, 15) is 9.59 Å². The standard InChI is InChI=1S/C18H25NO3/c1-4-7-14-8-10-15(11-9-14)18(21)16(19-12-5-2)13-17(20)22-6-3/h5,8-11,16,19H,2,4,6-7,12-13H2,1,3H3. The maximum Gasteiger partial charge on any atom is 0.307 e. The van der Waals surface area contributed by atoms with Crippen molar-refractivity contribution >= 4 is 11.8 Å². The highest BCUT2D eigenvalue weighted by Gasteiger charge is 2.23. The Hall–Kier alpha value is -1.94. The van der Waals surface area contributed by atoms with E-state index in [0.717, 1.165) is 12.8 Å². The van der Waals surface area contributed by atoms with Crippen LogP contribution in [0.5, 0.6) is 0 Å². The van der Waals surface area contributed by atoms with Crippen molar-refractivity contribution in [2.45, 2.75) is 39.2 Å². The Balaban J connectivity index is 2.80. The summed E-state index contributed by atoms with van der Waals surface area (Å²) in [6.45, 7) is 8.26. The number of hydrogen-bond acceptors (Lipinski definition) is 4. The van der Waals surface area contributed by atoms with Crippen LogP contribution in [0.2, 0.25) is 0 Å². The fourth-order valence-corrected chi connectivity index (χ4v) is 2.20. The maximum atomic E-state index is 12.6. The Morgan fingerprint density at radius 1 is 1.27 bits per heavy atom. The fourth-order valence-electron chi connectivity index (χ4n) is 2.20. The van der Waals surface area contributed by atoms with Gasteiger partial charge in [-0.15, -0.1) is 6.58 Å². The number of ether oxygens (including phenoxy) is 1. The van der Waals surface area contributed by atoms with Gasteiger partial charge in [0.15, 0.2) is 5.78 Å². The van der Waals surface area contributed by atoms with Crippen LogP contribution in [0.25, 0.3) is 0 Å². The van der Waals surface area contributed by atoms with Gasteiger partial charge in [-0.05, 0) is 18.9 Å². The molecule has 0 spiro atoms. The van der Waals surface area contributed by atoms with Crippen LogP contribution in [-0.2, 0) is 16.0 Å². The Morgan fingerprint density at radius 3 is 2.50 bits per heavy atom. The highest BCUT2D eigenvalue weighted by atomic mass is 16.5. The minimum Gasteiger partial charge on any atom is -0.466 e. The molecular weight excluding hydrogens is 278 g/mol. The van der Waals surface area contributed by atoms with Gasteiger partial charge in [-0.1, -0.05) is 43.7 Å². The quantitative estimate of drug-likeness (QED) is 0.410. The lowest BCUT2D eigenvalue weighted by atomic mass is 9.99. The second-order valence-corrected chi connectivity index (χ2v) is 5.07. The lowest BCUT2D eigenvalue weighted by Crippen LogP contribution is -2.39. The summed E-state index contributed by atoms with van der Waals surface area (Å²) in [7, 11) is 0. The molecule has 4 heteroatoms. The molecule has 1 atom stereocenters. The molecule has 1 aromatic rings. The SMILES string of the molecule is C=CCNC(CC(=O)OCC)C(=O)c1ccc(CCC)cc1. The monoisotopic (exact) mass is 303 g/mol. The smallest absolute Gasteiger partial charge is 0.307 e. The van der Waals surface area contributed by atoms with Crippen molar-refractivity contribution in [1.29, 1.82) is 0 Å². The normalized spacial score (nSPS) is 11.7. The molecular formula is C18H25NO3. The average molecular weight is 303 g/mol. The van der Waals surface area contributed by atoms with Gasteiger partial charge in [-0.2, -0.15) is 0 Å². The van der Waals surface area contributed by atoms with E-state index < -0.39 is 6.04 Å². The zero-order chi connectivity index (χ0) is 16.4. The predicted molar refractivity (Wildman–Crippen MR) is 88.0 cm³/mol. The number of nitrogens with one attached hydrogen (secondary N) is 1. The van der Waals surface area contributed by atoms with Crippen LogP contribution in [0.1, 0.15) is 42.6 Å². The van der Waals surface area contributed by atoms with Gasteiger partial charge in [-0.3, -0.25) is 9.59 Å². The fraction of sp³-hybridized carbons (Fsp3) is 0.444. The third kappa shape index (κ3) is 5.82. The Kier molecular flexibility index (Phi) is 8.15. The van der Waals surface area contributed by atoms with E-state index in [1.807, 2.05) is 24.3 Å². The first-order valence-corrected chi connectivity index (χ1v) is 7.75. The van der Waals surface area contributed by atoms with Crippen molar-refractivity contribution < 1.29 is 14.3 Å². The first-order chi connectivity index (χ1) is 10.6. The van der Waals surface area contributed by atoms with Gasteiger partial charge in [0.25, 0.3) is 0 Å². The van der Waals surface area contributed by atoms with E-state index in [-0.39, 0.29) is 18.2 Å². The van der Waals surface area contributed by atoms with Crippen molar-refractivity contribution in [1.82, 2.24) is 5.32 Å². The van der Waals surface area contributed by atoms with E-state index in [1.165, 1.54) is 5.56 Å². The molecule has 1 aromatic carbocycles. The summed E-state index contributed by atoms with van der Waals surface area (Å²) in [5.74, 6) is -0.474. The van der Waals surface area contributed by atoms with Crippen LogP contribution in [0.15, 0.2) is 36.9 Å². The summed E-state index contributed by atoms with van der Waals surface area (Å²) in [6, 6.07) is 6.98. The Bertz CT molecular complexity index is 494. The largest absolute Gasteiger partial charge is 0.466 e. The van der Waals surface area contributed by atoms with Crippen molar-refractivity contribution in [3.8, 4) is 0 Å². The average Bonchev–Trinajstić information content (AvgIpc) is 2.52. The number of esters is 1. The highest BCUT2D eigenvalue weighted by Crippen LogP contribution is 2.11. The highest BCUT2D eigenvalue weighted by molar-refractivity contribution is 6.01. The molecule has 1 unspecified atom stereocenters. The molecule has 120 valence electrons. The number of ketones is 1. The molecule has 0 heterocycles. The number of aryl methyl sites for hydroxylation is 1. The Morgan fingerprint density at radius 2 is 1.95 bits per heavy atom. The molecule has 0 saturated heterocycles. The molecule has 0 saturated carbocycles. The second kappa shape index (κ2) is 9.90. The number of hydrogen-bond donors (Lipinski definition) is 1. The number of benzene rings is 1. The van der Waals surface area contributed by atoms with Crippen LogP contribution in [0.4, 0.5) is 0 Å². The van der Waals surface area contributed by atoms with Gasteiger partial charge < -0.3 is 10.1 Å². The summed E-state index contributed by atoms with van der Waals surface area (Å²) in [5, 5.41) is 3.03. The molecule has 0 amide bonds. The van der Waals surface area contributed by atoms with Crippen LogP contribution in [0, 0.1) is 0 Å². The van der Waals surface area contributed by atoms with E-state index in [0.29, 0.717) is 18.7 Å². The summed E-state index contributed by atoms with van der Waals surface area (Å²) in [5.41, 5.74) is 1.81. The van der Waals surface area contributed by atoms with Crippen molar-refractivity contribution in [3.63, 3.8) is 0 Å². The zero-order valence-corrected chi connectivity index (χ0v) is 13.4. The molecule has 0 aromatic heterocycles.